The third kappa shape index (κ3) is 1.89. The number of fused-ring (bicyclic) bond motifs is 1. The molecule has 0 bridgehead atoms. The minimum Gasteiger partial charge on any atom is -0.383 e. The monoisotopic (exact) mass is 212 g/mol. The first-order valence-electron chi connectivity index (χ1n) is 4.44. The summed E-state index contributed by atoms with van der Waals surface area (Å²) in [5, 5.41) is 0. The number of rotatable bonds is 1. The molecule has 1 heterocycles. The zero-order chi connectivity index (χ0) is 9.26. The van der Waals surface area contributed by atoms with Crippen molar-refractivity contribution in [2.45, 2.75) is 25.7 Å². The van der Waals surface area contributed by atoms with Crippen LogP contribution in [0.1, 0.15) is 24.1 Å². The Kier molecular flexibility index (Phi) is 2.60. The Balaban J connectivity index is 2.26. The Hall–Kier alpha value is -0.480. The molecular weight excluding hydrogens is 200 g/mol. The first-order chi connectivity index (χ1) is 6.27. The molecule has 0 saturated carbocycles. The van der Waals surface area contributed by atoms with E-state index in [1.807, 2.05) is 0 Å². The summed E-state index contributed by atoms with van der Waals surface area (Å²) in [7, 11) is 0. The summed E-state index contributed by atoms with van der Waals surface area (Å²) in [5.74, 6) is 0. The first-order valence-corrected chi connectivity index (χ1v) is 5.62. The molecule has 13 heavy (non-hydrogen) atoms. The van der Waals surface area contributed by atoms with Gasteiger partial charge in [-0.25, -0.2) is 0 Å². The molecule has 0 amide bonds. The molecule has 70 valence electrons. The molecule has 2 N–H and O–H groups in total. The van der Waals surface area contributed by atoms with Crippen molar-refractivity contribution >= 4 is 28.5 Å². The molecule has 2 rings (SSSR count). The number of aromatic nitrogens is 1. The average molecular weight is 212 g/mol. The van der Waals surface area contributed by atoms with Crippen LogP contribution in [0.25, 0.3) is 0 Å². The number of hydrogen-bond acceptors (Lipinski definition) is 2. The summed E-state index contributed by atoms with van der Waals surface area (Å²) >= 11 is 6.31. The minimum atomic E-state index is 0.490. The molecule has 0 saturated heterocycles. The quantitative estimate of drug-likeness (QED) is 0.723. The van der Waals surface area contributed by atoms with Gasteiger partial charge in [-0.15, -0.1) is 0 Å². The van der Waals surface area contributed by atoms with Gasteiger partial charge in [-0.3, -0.25) is 3.97 Å². The molecule has 0 unspecified atom stereocenters. The third-order valence-electron chi connectivity index (χ3n) is 2.35. The lowest BCUT2D eigenvalue weighted by Gasteiger charge is -2.13. The van der Waals surface area contributed by atoms with Crippen molar-refractivity contribution in [3.63, 3.8) is 0 Å². The summed E-state index contributed by atoms with van der Waals surface area (Å²) < 4.78 is 2.60. The molecule has 2 nitrogen and oxygen atoms in total. The fourth-order valence-electron chi connectivity index (χ4n) is 1.77. The summed E-state index contributed by atoms with van der Waals surface area (Å²) in [6, 6.07) is 2.18. The zero-order valence-electron chi connectivity index (χ0n) is 7.32. The van der Waals surface area contributed by atoms with Crippen LogP contribution in [0, 0.1) is 0 Å². The molecule has 4 heteroatoms. The van der Waals surface area contributed by atoms with Crippen LogP contribution in [0.15, 0.2) is 12.3 Å². The lowest BCUT2D eigenvalue weighted by Crippen LogP contribution is -2.09. The second-order valence-corrected chi connectivity index (χ2v) is 4.94. The Bertz CT molecular complexity index is 330. The smallest absolute Gasteiger partial charge is 0.152 e. The maximum Gasteiger partial charge on any atom is 0.152 e. The van der Waals surface area contributed by atoms with E-state index >= 15 is 0 Å². The van der Waals surface area contributed by atoms with E-state index in [4.69, 9.17) is 18.0 Å². The normalized spacial score (nSPS) is 15.4. The van der Waals surface area contributed by atoms with Crippen molar-refractivity contribution in [3.8, 4) is 0 Å². The number of hydrogen-bond donors (Lipinski definition) is 1. The fourth-order valence-corrected chi connectivity index (χ4v) is 2.65. The van der Waals surface area contributed by atoms with Crippen LogP contribution < -0.4 is 5.73 Å². The van der Waals surface area contributed by atoms with Crippen LogP contribution in [0.4, 0.5) is 0 Å². The predicted molar refractivity (Wildman–Crippen MR) is 60.8 cm³/mol. The van der Waals surface area contributed by atoms with Gasteiger partial charge in [-0.1, -0.05) is 12.2 Å². The average Bonchev–Trinajstić information content (AvgIpc) is 2.48. The first kappa shape index (κ1) is 9.09. The van der Waals surface area contributed by atoms with E-state index < -0.39 is 0 Å². The van der Waals surface area contributed by atoms with Crippen molar-refractivity contribution in [2.24, 2.45) is 5.73 Å². The van der Waals surface area contributed by atoms with Gasteiger partial charge in [0.2, 0.25) is 0 Å². The number of thiocarbonyl (C=S) groups is 1. The lowest BCUT2D eigenvalue weighted by molar-refractivity contribution is 0.673. The molecule has 1 aliphatic rings. The predicted octanol–water partition coefficient (Wildman–Crippen LogP) is 2.11. The standard InChI is InChI=1S/C9H12N2S2/c10-9(12)13-11-6-5-7-3-1-2-4-8(7)11/h5-6H,1-4H2,(H2,10,12). The van der Waals surface area contributed by atoms with Crippen LogP contribution in [0.2, 0.25) is 0 Å². The number of aryl methyl sites for hydroxylation is 1. The zero-order valence-corrected chi connectivity index (χ0v) is 8.96. The van der Waals surface area contributed by atoms with E-state index in [1.165, 1.54) is 42.5 Å². The molecule has 0 fully saturated rings. The second-order valence-electron chi connectivity index (χ2n) is 3.23. The van der Waals surface area contributed by atoms with Crippen molar-refractivity contribution < 1.29 is 0 Å². The molecular formula is C9H12N2S2. The molecule has 1 aliphatic carbocycles. The van der Waals surface area contributed by atoms with E-state index in [9.17, 15) is 0 Å². The van der Waals surface area contributed by atoms with E-state index in [2.05, 4.69) is 16.2 Å². The molecule has 0 aromatic carbocycles. The van der Waals surface area contributed by atoms with Gasteiger partial charge in [-0.2, -0.15) is 0 Å². The molecule has 0 atom stereocenters. The largest absolute Gasteiger partial charge is 0.383 e. The van der Waals surface area contributed by atoms with E-state index in [0.717, 1.165) is 6.42 Å². The van der Waals surface area contributed by atoms with Gasteiger partial charge >= 0.3 is 0 Å². The van der Waals surface area contributed by atoms with Gasteiger partial charge in [0.25, 0.3) is 0 Å². The fraction of sp³-hybridized carbons (Fsp3) is 0.444. The summed E-state index contributed by atoms with van der Waals surface area (Å²) in [4.78, 5) is 0. The maximum atomic E-state index is 5.49. The van der Waals surface area contributed by atoms with E-state index in [-0.39, 0.29) is 0 Å². The molecule has 1 aromatic heterocycles. The number of nitrogens with two attached hydrogens (primary N) is 1. The Morgan fingerprint density at radius 1 is 1.46 bits per heavy atom. The minimum absolute atomic E-state index is 0.490. The van der Waals surface area contributed by atoms with Gasteiger partial charge < -0.3 is 5.73 Å². The van der Waals surface area contributed by atoms with Gasteiger partial charge in [0.1, 0.15) is 0 Å². The highest BCUT2D eigenvalue weighted by atomic mass is 32.2. The van der Waals surface area contributed by atoms with Crippen LogP contribution >= 0.6 is 24.2 Å². The lowest BCUT2D eigenvalue weighted by atomic mass is 9.98. The Morgan fingerprint density at radius 3 is 3.00 bits per heavy atom. The number of nitrogens with zero attached hydrogens (tertiary/aromatic N) is 1. The Labute approximate surface area is 87.6 Å². The Morgan fingerprint density at radius 2 is 2.23 bits per heavy atom. The third-order valence-corrected chi connectivity index (χ3v) is 3.29. The maximum absolute atomic E-state index is 5.49. The molecule has 1 aromatic rings. The van der Waals surface area contributed by atoms with Crippen LogP contribution in [0.5, 0.6) is 0 Å². The van der Waals surface area contributed by atoms with E-state index in [0.29, 0.717) is 4.32 Å². The van der Waals surface area contributed by atoms with Crippen LogP contribution in [-0.2, 0) is 12.8 Å². The highest BCUT2D eigenvalue weighted by Crippen LogP contribution is 2.25. The van der Waals surface area contributed by atoms with Gasteiger partial charge in [0.05, 0.1) is 0 Å². The van der Waals surface area contributed by atoms with Crippen LogP contribution in [0.3, 0.4) is 0 Å². The highest BCUT2D eigenvalue weighted by Gasteiger charge is 2.13. The van der Waals surface area contributed by atoms with E-state index in [1.54, 1.807) is 0 Å². The van der Waals surface area contributed by atoms with Crippen molar-refractivity contribution in [1.29, 1.82) is 0 Å². The van der Waals surface area contributed by atoms with Crippen LogP contribution in [-0.4, -0.2) is 8.29 Å². The SMILES string of the molecule is NC(=S)Sn1ccc2c1CCCC2. The topological polar surface area (TPSA) is 30.9 Å². The summed E-state index contributed by atoms with van der Waals surface area (Å²) in [6.07, 6.45) is 7.04. The second kappa shape index (κ2) is 3.72. The van der Waals surface area contributed by atoms with Gasteiger partial charge in [0, 0.05) is 23.8 Å². The van der Waals surface area contributed by atoms with Gasteiger partial charge in [0.15, 0.2) is 4.32 Å². The summed E-state index contributed by atoms with van der Waals surface area (Å²) in [5.41, 5.74) is 8.36. The molecule has 0 radical (unpaired) electrons. The highest BCUT2D eigenvalue weighted by molar-refractivity contribution is 8.21. The molecule has 0 aliphatic heterocycles. The van der Waals surface area contributed by atoms with Crippen molar-refractivity contribution in [1.82, 2.24) is 3.97 Å². The van der Waals surface area contributed by atoms with Gasteiger partial charge in [-0.05, 0) is 37.3 Å². The summed E-state index contributed by atoms with van der Waals surface area (Å²) in [6.45, 7) is 0. The molecule has 0 spiro atoms. The van der Waals surface area contributed by atoms with Crippen molar-refractivity contribution in [2.75, 3.05) is 0 Å². The van der Waals surface area contributed by atoms with Crippen molar-refractivity contribution in [3.05, 3.63) is 23.5 Å².